The van der Waals surface area contributed by atoms with Gasteiger partial charge in [-0.25, -0.2) is 4.98 Å². The van der Waals surface area contributed by atoms with Gasteiger partial charge in [0, 0.05) is 10.0 Å². The fraction of sp³-hybridized carbons (Fsp3) is 0.722. The molecule has 1 N–H and O–H groups in total. The zero-order valence-corrected chi connectivity index (χ0v) is 14.9. The Morgan fingerprint density at radius 1 is 1.10 bits per heavy atom. The summed E-state index contributed by atoms with van der Waals surface area (Å²) in [5.74, 6) is 1.98. The van der Waals surface area contributed by atoms with Crippen molar-refractivity contribution in [3.05, 3.63) is 22.3 Å². The number of nitrogens with one attached hydrogen (secondary N) is 1. The minimum absolute atomic E-state index is 0.288. The van der Waals surface area contributed by atoms with Crippen molar-refractivity contribution < 1.29 is 0 Å². The Bertz CT molecular complexity index is 579. The van der Waals surface area contributed by atoms with Gasteiger partial charge in [0.05, 0.1) is 5.69 Å². The Morgan fingerprint density at radius 2 is 1.76 bits per heavy atom. The molecule has 4 bridgehead atoms. The summed E-state index contributed by atoms with van der Waals surface area (Å²) in [5, 5.41) is 3.87. The number of pyridine rings is 1. The average molecular weight is 349 g/mol. The van der Waals surface area contributed by atoms with Gasteiger partial charge < -0.3 is 5.32 Å². The molecule has 1 aromatic heterocycles. The highest BCUT2D eigenvalue weighted by molar-refractivity contribution is 9.10. The minimum Gasteiger partial charge on any atom is -0.365 e. The zero-order chi connectivity index (χ0) is 14.9. The molecule has 2 nitrogen and oxygen atoms in total. The highest BCUT2D eigenvalue weighted by Gasteiger charge is 2.60. The smallest absolute Gasteiger partial charge is 0.126 e. The van der Waals surface area contributed by atoms with E-state index in [1.807, 2.05) is 0 Å². The maximum Gasteiger partial charge on any atom is 0.126 e. The highest BCUT2D eigenvalue weighted by atomic mass is 79.9. The van der Waals surface area contributed by atoms with E-state index >= 15 is 0 Å². The summed E-state index contributed by atoms with van der Waals surface area (Å²) in [4.78, 5) is 4.74. The van der Waals surface area contributed by atoms with E-state index in [0.717, 1.165) is 21.9 Å². The average Bonchev–Trinajstić information content (AvgIpc) is 2.28. The minimum atomic E-state index is 0.288. The summed E-state index contributed by atoms with van der Waals surface area (Å²) >= 11 is 3.55. The number of halogens is 1. The molecule has 114 valence electrons. The van der Waals surface area contributed by atoms with Gasteiger partial charge in [-0.2, -0.15) is 0 Å². The molecule has 4 aliphatic carbocycles. The summed E-state index contributed by atoms with van der Waals surface area (Å²) < 4.78 is 1.09. The zero-order valence-electron chi connectivity index (χ0n) is 13.3. The Balaban J connectivity index is 1.66. The molecule has 4 aliphatic rings. The van der Waals surface area contributed by atoms with Crippen LogP contribution in [0.4, 0.5) is 5.82 Å². The molecule has 1 heterocycles. The molecular weight excluding hydrogens is 324 g/mol. The Morgan fingerprint density at radius 3 is 2.33 bits per heavy atom. The van der Waals surface area contributed by atoms with Crippen molar-refractivity contribution >= 4 is 21.7 Å². The second kappa shape index (κ2) is 4.24. The van der Waals surface area contributed by atoms with Crippen molar-refractivity contribution in [2.75, 3.05) is 5.32 Å². The molecule has 0 amide bonds. The van der Waals surface area contributed by atoms with Crippen LogP contribution in [0.15, 0.2) is 16.6 Å². The lowest BCUT2D eigenvalue weighted by Crippen LogP contribution is -2.61. The van der Waals surface area contributed by atoms with Gasteiger partial charge in [0.15, 0.2) is 0 Å². The third kappa shape index (κ3) is 2.32. The number of aryl methyl sites for hydroxylation is 1. The fourth-order valence-corrected chi connectivity index (χ4v) is 6.69. The van der Waals surface area contributed by atoms with Crippen LogP contribution >= 0.6 is 15.9 Å². The topological polar surface area (TPSA) is 24.9 Å². The van der Waals surface area contributed by atoms with E-state index in [0.29, 0.717) is 10.8 Å². The second-order valence-corrected chi connectivity index (χ2v) is 9.65. The van der Waals surface area contributed by atoms with Crippen LogP contribution in [0.3, 0.4) is 0 Å². The van der Waals surface area contributed by atoms with Gasteiger partial charge in [-0.05, 0) is 90.3 Å². The highest BCUT2D eigenvalue weighted by Crippen LogP contribution is 2.66. The van der Waals surface area contributed by atoms with Gasteiger partial charge >= 0.3 is 0 Å². The SMILES string of the molecule is Cc1nc(NC23CC4CC(C)(CC(C)(C4)C2)C3)ccc1Br. The quantitative estimate of drug-likeness (QED) is 0.782. The molecule has 0 radical (unpaired) electrons. The Kier molecular flexibility index (Phi) is 2.84. The number of aromatic nitrogens is 1. The van der Waals surface area contributed by atoms with E-state index in [9.17, 15) is 0 Å². The molecule has 4 fully saturated rings. The standard InChI is InChI=1S/C18H25BrN2/c1-12-14(19)4-5-15(20-12)21-18-8-13-6-16(2,10-18)9-17(3,7-13)11-18/h4-5,13H,6-11H2,1-3H3,(H,20,21). The van der Waals surface area contributed by atoms with Crippen molar-refractivity contribution in [2.24, 2.45) is 16.7 Å². The fourth-order valence-electron chi connectivity index (χ4n) is 6.47. The lowest BCUT2D eigenvalue weighted by molar-refractivity contribution is -0.0973. The van der Waals surface area contributed by atoms with E-state index in [1.54, 1.807) is 0 Å². The van der Waals surface area contributed by atoms with Crippen molar-refractivity contribution in [3.63, 3.8) is 0 Å². The molecule has 21 heavy (non-hydrogen) atoms. The molecule has 0 aliphatic heterocycles. The van der Waals surface area contributed by atoms with E-state index in [1.165, 1.54) is 38.5 Å². The third-order valence-corrected chi connectivity index (χ3v) is 6.88. The van der Waals surface area contributed by atoms with Gasteiger partial charge in [0.1, 0.15) is 5.82 Å². The van der Waals surface area contributed by atoms with Crippen molar-refractivity contribution in [3.8, 4) is 0 Å². The van der Waals surface area contributed by atoms with Gasteiger partial charge in [-0.1, -0.05) is 13.8 Å². The number of rotatable bonds is 2. The number of hydrogen-bond acceptors (Lipinski definition) is 2. The van der Waals surface area contributed by atoms with E-state index < -0.39 is 0 Å². The lowest BCUT2D eigenvalue weighted by atomic mass is 9.43. The van der Waals surface area contributed by atoms with Crippen LogP contribution in [-0.2, 0) is 0 Å². The molecule has 1 aromatic rings. The summed E-state index contributed by atoms with van der Waals surface area (Å²) in [5.41, 5.74) is 2.45. The number of nitrogens with zero attached hydrogens (tertiary/aromatic N) is 1. The second-order valence-electron chi connectivity index (χ2n) is 8.80. The molecule has 2 unspecified atom stereocenters. The Labute approximate surface area is 136 Å². The third-order valence-electron chi connectivity index (χ3n) is 6.04. The van der Waals surface area contributed by atoms with E-state index in [4.69, 9.17) is 4.98 Å². The summed E-state index contributed by atoms with van der Waals surface area (Å²) in [7, 11) is 0. The van der Waals surface area contributed by atoms with Crippen LogP contribution in [0.5, 0.6) is 0 Å². The molecule has 4 saturated carbocycles. The van der Waals surface area contributed by atoms with Crippen LogP contribution in [0.2, 0.25) is 0 Å². The monoisotopic (exact) mass is 348 g/mol. The normalized spacial score (nSPS) is 44.1. The molecule has 5 rings (SSSR count). The summed E-state index contributed by atoms with van der Waals surface area (Å²) in [6, 6.07) is 4.24. The maximum absolute atomic E-state index is 4.74. The predicted octanol–water partition coefficient (Wildman–Crippen LogP) is 5.31. The van der Waals surface area contributed by atoms with Gasteiger partial charge in [0.25, 0.3) is 0 Å². The van der Waals surface area contributed by atoms with Gasteiger partial charge in [-0.3, -0.25) is 0 Å². The predicted molar refractivity (Wildman–Crippen MR) is 90.4 cm³/mol. The number of hydrogen-bond donors (Lipinski definition) is 1. The molecule has 2 atom stereocenters. The number of anilines is 1. The Hall–Kier alpha value is -0.570. The maximum atomic E-state index is 4.74. The van der Waals surface area contributed by atoms with Gasteiger partial charge in [-0.15, -0.1) is 0 Å². The van der Waals surface area contributed by atoms with Crippen LogP contribution < -0.4 is 5.32 Å². The van der Waals surface area contributed by atoms with Crippen LogP contribution in [0.1, 0.15) is 58.1 Å². The van der Waals surface area contributed by atoms with E-state index in [-0.39, 0.29) is 5.54 Å². The van der Waals surface area contributed by atoms with Gasteiger partial charge in [0.2, 0.25) is 0 Å². The van der Waals surface area contributed by atoms with Crippen molar-refractivity contribution in [1.82, 2.24) is 4.98 Å². The summed E-state index contributed by atoms with van der Waals surface area (Å²) in [6.07, 6.45) is 8.30. The largest absolute Gasteiger partial charge is 0.365 e. The van der Waals surface area contributed by atoms with Crippen molar-refractivity contribution in [2.45, 2.75) is 64.8 Å². The first-order chi connectivity index (χ1) is 9.79. The van der Waals surface area contributed by atoms with Crippen molar-refractivity contribution in [1.29, 1.82) is 0 Å². The van der Waals surface area contributed by atoms with Crippen LogP contribution in [0.25, 0.3) is 0 Å². The molecule has 0 spiro atoms. The van der Waals surface area contributed by atoms with Crippen LogP contribution in [-0.4, -0.2) is 10.5 Å². The summed E-state index contributed by atoms with van der Waals surface area (Å²) in [6.45, 7) is 7.11. The molecular formula is C18H25BrN2. The molecule has 0 saturated heterocycles. The lowest BCUT2D eigenvalue weighted by Gasteiger charge is -2.65. The van der Waals surface area contributed by atoms with Crippen LogP contribution in [0, 0.1) is 23.7 Å². The molecule has 3 heteroatoms. The first kappa shape index (κ1) is 14.0. The first-order valence-electron chi connectivity index (χ1n) is 8.20. The first-order valence-corrected chi connectivity index (χ1v) is 9.00. The van der Waals surface area contributed by atoms with E-state index in [2.05, 4.69) is 54.2 Å². The molecule has 0 aromatic carbocycles.